The van der Waals surface area contributed by atoms with E-state index in [1.807, 2.05) is 0 Å². The zero-order chi connectivity index (χ0) is 13.5. The lowest BCUT2D eigenvalue weighted by molar-refractivity contribution is -0.122. The number of benzene rings is 1. The Bertz CT molecular complexity index is 372. The molecule has 0 bridgehead atoms. The summed E-state index contributed by atoms with van der Waals surface area (Å²) in [6.07, 6.45) is 4.98. The molecule has 0 aliphatic rings. The summed E-state index contributed by atoms with van der Waals surface area (Å²) in [5, 5.41) is 0. The fraction of sp³-hybridized carbons (Fsp3) is 0.588. The largest absolute Gasteiger partial charge is 0.299 e. The van der Waals surface area contributed by atoms with E-state index in [1.165, 1.54) is 23.1 Å². The van der Waals surface area contributed by atoms with Gasteiger partial charge in [0.2, 0.25) is 0 Å². The molecule has 1 atom stereocenters. The van der Waals surface area contributed by atoms with Gasteiger partial charge in [0.25, 0.3) is 0 Å². The Hall–Kier alpha value is -1.11. The van der Waals surface area contributed by atoms with E-state index in [2.05, 4.69) is 45.9 Å². The lowest BCUT2D eigenvalue weighted by atomic mass is 9.88. The standard InChI is InChI=1S/C17H26O/c1-5-7-11-15(6-2)17(18)12-16-13(3)9-8-10-14(16)4/h8-10,15H,5-7,11-12H2,1-4H3. The molecule has 1 rings (SSSR count). The number of hydrogen-bond donors (Lipinski definition) is 0. The molecule has 0 saturated carbocycles. The topological polar surface area (TPSA) is 17.1 Å². The molecular weight excluding hydrogens is 220 g/mol. The van der Waals surface area contributed by atoms with Crippen molar-refractivity contribution in [2.45, 2.75) is 59.8 Å². The molecule has 18 heavy (non-hydrogen) atoms. The minimum absolute atomic E-state index is 0.254. The second-order valence-electron chi connectivity index (χ2n) is 5.26. The van der Waals surface area contributed by atoms with Gasteiger partial charge in [-0.25, -0.2) is 0 Å². The lowest BCUT2D eigenvalue weighted by Gasteiger charge is -2.15. The second kappa shape index (κ2) is 7.35. The molecule has 1 nitrogen and oxygen atoms in total. The third-order valence-electron chi connectivity index (χ3n) is 3.85. The Kier molecular flexibility index (Phi) is 6.11. The van der Waals surface area contributed by atoms with Crippen LogP contribution in [0.25, 0.3) is 0 Å². The molecule has 0 fully saturated rings. The van der Waals surface area contributed by atoms with Crippen molar-refractivity contribution in [2.75, 3.05) is 0 Å². The van der Waals surface area contributed by atoms with Crippen molar-refractivity contribution in [3.63, 3.8) is 0 Å². The molecule has 0 saturated heterocycles. The first-order valence-electron chi connectivity index (χ1n) is 7.17. The van der Waals surface area contributed by atoms with Crippen LogP contribution in [0.5, 0.6) is 0 Å². The Morgan fingerprint density at radius 1 is 1.17 bits per heavy atom. The highest BCUT2D eigenvalue weighted by molar-refractivity contribution is 5.83. The summed E-state index contributed by atoms with van der Waals surface area (Å²) in [6, 6.07) is 6.26. The van der Waals surface area contributed by atoms with Gasteiger partial charge in [0.05, 0.1) is 0 Å². The molecule has 0 heterocycles. The number of carbonyl (C=O) groups excluding carboxylic acids is 1. The van der Waals surface area contributed by atoms with E-state index in [0.717, 1.165) is 19.3 Å². The summed E-state index contributed by atoms with van der Waals surface area (Å²) >= 11 is 0. The van der Waals surface area contributed by atoms with E-state index < -0.39 is 0 Å². The normalized spacial score (nSPS) is 12.4. The highest BCUT2D eigenvalue weighted by atomic mass is 16.1. The average molecular weight is 246 g/mol. The minimum Gasteiger partial charge on any atom is -0.299 e. The number of rotatable bonds is 7. The van der Waals surface area contributed by atoms with Crippen molar-refractivity contribution in [3.8, 4) is 0 Å². The van der Waals surface area contributed by atoms with Crippen molar-refractivity contribution in [2.24, 2.45) is 5.92 Å². The highest BCUT2D eigenvalue weighted by Crippen LogP contribution is 2.20. The molecule has 1 aromatic rings. The maximum absolute atomic E-state index is 12.4. The molecule has 1 heteroatoms. The van der Waals surface area contributed by atoms with E-state index in [4.69, 9.17) is 0 Å². The van der Waals surface area contributed by atoms with Crippen LogP contribution in [0.1, 0.15) is 56.2 Å². The second-order valence-corrected chi connectivity index (χ2v) is 5.26. The Morgan fingerprint density at radius 3 is 2.28 bits per heavy atom. The number of ketones is 1. The molecule has 0 radical (unpaired) electrons. The third-order valence-corrected chi connectivity index (χ3v) is 3.85. The predicted octanol–water partition coefficient (Wildman–Crippen LogP) is 4.63. The van der Waals surface area contributed by atoms with E-state index in [0.29, 0.717) is 12.2 Å². The van der Waals surface area contributed by atoms with E-state index in [-0.39, 0.29) is 5.92 Å². The van der Waals surface area contributed by atoms with Gasteiger partial charge in [0, 0.05) is 12.3 Å². The zero-order valence-corrected chi connectivity index (χ0v) is 12.3. The van der Waals surface area contributed by atoms with Gasteiger partial charge < -0.3 is 0 Å². The number of unbranched alkanes of at least 4 members (excludes halogenated alkanes) is 1. The monoisotopic (exact) mass is 246 g/mol. The molecule has 0 aliphatic heterocycles. The molecule has 0 aliphatic carbocycles. The maximum Gasteiger partial charge on any atom is 0.140 e. The number of Topliss-reactive ketones (excluding diaryl/α,β-unsaturated/α-hetero) is 1. The van der Waals surface area contributed by atoms with Gasteiger partial charge in [-0.05, 0) is 43.4 Å². The van der Waals surface area contributed by atoms with Gasteiger partial charge in [0.15, 0.2) is 0 Å². The number of carbonyl (C=O) groups is 1. The summed E-state index contributed by atoms with van der Waals surface area (Å²) in [6.45, 7) is 8.51. The highest BCUT2D eigenvalue weighted by Gasteiger charge is 2.17. The van der Waals surface area contributed by atoms with Crippen LogP contribution in [-0.4, -0.2) is 5.78 Å². The maximum atomic E-state index is 12.4. The zero-order valence-electron chi connectivity index (χ0n) is 12.3. The van der Waals surface area contributed by atoms with Crippen LogP contribution in [0, 0.1) is 19.8 Å². The van der Waals surface area contributed by atoms with Crippen molar-refractivity contribution in [1.29, 1.82) is 0 Å². The van der Waals surface area contributed by atoms with Gasteiger partial charge in [-0.3, -0.25) is 4.79 Å². The summed E-state index contributed by atoms with van der Waals surface area (Å²) < 4.78 is 0. The summed E-state index contributed by atoms with van der Waals surface area (Å²) in [5.41, 5.74) is 3.72. The Balaban J connectivity index is 2.73. The molecule has 100 valence electrons. The van der Waals surface area contributed by atoms with Crippen LogP contribution in [0.15, 0.2) is 18.2 Å². The van der Waals surface area contributed by atoms with E-state index >= 15 is 0 Å². The Morgan fingerprint density at radius 2 is 1.78 bits per heavy atom. The van der Waals surface area contributed by atoms with Crippen molar-refractivity contribution >= 4 is 5.78 Å². The first-order valence-corrected chi connectivity index (χ1v) is 7.17. The fourth-order valence-electron chi connectivity index (χ4n) is 2.49. The van der Waals surface area contributed by atoms with Gasteiger partial charge in [-0.1, -0.05) is 44.9 Å². The predicted molar refractivity (Wildman–Crippen MR) is 77.9 cm³/mol. The smallest absolute Gasteiger partial charge is 0.140 e. The average Bonchev–Trinajstić information content (AvgIpc) is 2.35. The van der Waals surface area contributed by atoms with Crippen LogP contribution in [0.4, 0.5) is 0 Å². The van der Waals surface area contributed by atoms with Crippen LogP contribution >= 0.6 is 0 Å². The van der Waals surface area contributed by atoms with Crippen molar-refractivity contribution < 1.29 is 4.79 Å². The quantitative estimate of drug-likeness (QED) is 0.685. The third kappa shape index (κ3) is 3.97. The molecule has 0 spiro atoms. The number of hydrogen-bond acceptors (Lipinski definition) is 1. The molecule has 0 amide bonds. The summed E-state index contributed by atoms with van der Waals surface area (Å²) in [4.78, 5) is 12.4. The van der Waals surface area contributed by atoms with Gasteiger partial charge >= 0.3 is 0 Å². The van der Waals surface area contributed by atoms with Crippen LogP contribution in [-0.2, 0) is 11.2 Å². The van der Waals surface area contributed by atoms with Crippen molar-refractivity contribution in [1.82, 2.24) is 0 Å². The van der Waals surface area contributed by atoms with Gasteiger partial charge in [-0.15, -0.1) is 0 Å². The first kappa shape index (κ1) is 14.9. The van der Waals surface area contributed by atoms with E-state index in [9.17, 15) is 4.79 Å². The molecule has 1 aromatic carbocycles. The first-order chi connectivity index (χ1) is 8.60. The van der Waals surface area contributed by atoms with Crippen LogP contribution in [0.3, 0.4) is 0 Å². The van der Waals surface area contributed by atoms with E-state index in [1.54, 1.807) is 0 Å². The van der Waals surface area contributed by atoms with Gasteiger partial charge in [-0.2, -0.15) is 0 Å². The van der Waals surface area contributed by atoms with Gasteiger partial charge in [0.1, 0.15) is 5.78 Å². The van der Waals surface area contributed by atoms with Crippen LogP contribution in [0.2, 0.25) is 0 Å². The van der Waals surface area contributed by atoms with Crippen LogP contribution < -0.4 is 0 Å². The summed E-state index contributed by atoms with van der Waals surface area (Å²) in [5.74, 6) is 0.673. The summed E-state index contributed by atoms with van der Waals surface area (Å²) in [7, 11) is 0. The van der Waals surface area contributed by atoms with Crippen molar-refractivity contribution in [3.05, 3.63) is 34.9 Å². The molecular formula is C17H26O. The molecule has 0 N–H and O–H groups in total. The SMILES string of the molecule is CCCCC(CC)C(=O)Cc1c(C)cccc1C. The Labute approximate surface area is 112 Å². The molecule has 1 unspecified atom stereocenters. The number of aryl methyl sites for hydroxylation is 2. The lowest BCUT2D eigenvalue weighted by Crippen LogP contribution is -2.17. The fourth-order valence-corrected chi connectivity index (χ4v) is 2.49. The minimum atomic E-state index is 0.254. The molecule has 0 aromatic heterocycles.